The molecule has 1 saturated heterocycles. The zero-order valence-electron chi connectivity index (χ0n) is 6.71. The lowest BCUT2D eigenvalue weighted by atomic mass is 10.1. The molecule has 11 heavy (non-hydrogen) atoms. The third-order valence-electron chi connectivity index (χ3n) is 1.75. The van der Waals surface area contributed by atoms with Crippen molar-refractivity contribution in [2.75, 3.05) is 0 Å². The van der Waals surface area contributed by atoms with Gasteiger partial charge in [-0.05, 0) is 19.8 Å². The van der Waals surface area contributed by atoms with Crippen molar-refractivity contribution >= 4 is 6.16 Å². The molecule has 63 valence electrons. The molecule has 3 nitrogen and oxygen atoms in total. The van der Waals surface area contributed by atoms with E-state index in [-0.39, 0.29) is 12.2 Å². The van der Waals surface area contributed by atoms with E-state index >= 15 is 0 Å². The van der Waals surface area contributed by atoms with Gasteiger partial charge in [-0.2, -0.15) is 0 Å². The van der Waals surface area contributed by atoms with Crippen LogP contribution in [-0.2, 0) is 9.47 Å². The van der Waals surface area contributed by atoms with Crippen LogP contribution in [0.2, 0.25) is 0 Å². The maximum Gasteiger partial charge on any atom is 0.509 e. The summed E-state index contributed by atoms with van der Waals surface area (Å²) in [6.07, 6.45) is 1.99. The molecule has 0 spiro atoms. The van der Waals surface area contributed by atoms with Crippen LogP contribution >= 0.6 is 0 Å². The Kier molecular flexibility index (Phi) is 2.74. The Morgan fingerprint density at radius 3 is 2.73 bits per heavy atom. The van der Waals surface area contributed by atoms with Crippen LogP contribution in [0.1, 0.15) is 26.2 Å². The van der Waals surface area contributed by atoms with Gasteiger partial charge in [0, 0.05) is 0 Å². The Morgan fingerprint density at radius 1 is 1.55 bits per heavy atom. The molecule has 1 aliphatic heterocycles. The highest BCUT2D eigenvalue weighted by atomic mass is 16.8. The molecule has 1 heterocycles. The average molecular weight is 157 g/mol. The van der Waals surface area contributed by atoms with Crippen molar-refractivity contribution in [3.63, 3.8) is 0 Å². The van der Waals surface area contributed by atoms with Crippen molar-refractivity contribution in [1.82, 2.24) is 0 Å². The molecule has 2 unspecified atom stereocenters. The standard InChI is InChI=1S/C8H13O3/c1-3-4-5-7-6(2)10-8(9)11-7/h6-7H,2-5H2,1H3. The molecule has 0 amide bonds. The van der Waals surface area contributed by atoms with Crippen molar-refractivity contribution in [1.29, 1.82) is 0 Å². The Balaban J connectivity index is 2.28. The van der Waals surface area contributed by atoms with E-state index in [1.807, 2.05) is 0 Å². The zero-order valence-corrected chi connectivity index (χ0v) is 6.71. The second kappa shape index (κ2) is 3.60. The summed E-state index contributed by atoms with van der Waals surface area (Å²) in [5, 5.41) is 0. The molecule has 0 saturated carbocycles. The molecule has 0 aromatic rings. The molecule has 0 aliphatic carbocycles. The van der Waals surface area contributed by atoms with Crippen molar-refractivity contribution in [2.45, 2.75) is 38.4 Å². The summed E-state index contributed by atoms with van der Waals surface area (Å²) in [5.41, 5.74) is 0. The molecule has 0 N–H and O–H groups in total. The van der Waals surface area contributed by atoms with E-state index in [9.17, 15) is 4.79 Å². The summed E-state index contributed by atoms with van der Waals surface area (Å²) in [7, 11) is 0. The highest BCUT2D eigenvalue weighted by molar-refractivity contribution is 5.62. The molecule has 1 rings (SSSR count). The molecule has 0 bridgehead atoms. The van der Waals surface area contributed by atoms with E-state index in [1.54, 1.807) is 0 Å². The van der Waals surface area contributed by atoms with Crippen molar-refractivity contribution in [2.24, 2.45) is 0 Å². The van der Waals surface area contributed by atoms with E-state index in [2.05, 4.69) is 13.8 Å². The summed E-state index contributed by atoms with van der Waals surface area (Å²) in [4.78, 5) is 10.5. The van der Waals surface area contributed by atoms with Crippen LogP contribution in [0.5, 0.6) is 0 Å². The van der Waals surface area contributed by atoms with Gasteiger partial charge >= 0.3 is 6.16 Å². The largest absolute Gasteiger partial charge is 0.509 e. The fourth-order valence-corrected chi connectivity index (χ4v) is 1.08. The SMILES string of the molecule is [CH2]C1OC(=O)OC1CCCC. The lowest BCUT2D eigenvalue weighted by molar-refractivity contribution is 0.115. The quantitative estimate of drug-likeness (QED) is 0.587. The molecule has 0 aromatic heterocycles. The van der Waals surface area contributed by atoms with E-state index < -0.39 is 6.16 Å². The Labute approximate surface area is 66.7 Å². The van der Waals surface area contributed by atoms with Crippen LogP contribution in [-0.4, -0.2) is 18.4 Å². The lowest BCUT2D eigenvalue weighted by Gasteiger charge is -2.08. The maximum absolute atomic E-state index is 10.5. The van der Waals surface area contributed by atoms with Crippen LogP contribution in [0.4, 0.5) is 4.79 Å². The zero-order chi connectivity index (χ0) is 8.27. The predicted octanol–water partition coefficient (Wildman–Crippen LogP) is 1.91. The minimum atomic E-state index is -0.578. The van der Waals surface area contributed by atoms with Gasteiger partial charge in [-0.15, -0.1) is 0 Å². The fourth-order valence-electron chi connectivity index (χ4n) is 1.08. The van der Waals surface area contributed by atoms with Crippen LogP contribution in [0.15, 0.2) is 0 Å². The van der Waals surface area contributed by atoms with E-state index in [1.165, 1.54) is 0 Å². The second-order valence-corrected chi connectivity index (χ2v) is 2.70. The average Bonchev–Trinajstić information content (AvgIpc) is 2.26. The van der Waals surface area contributed by atoms with Gasteiger partial charge in [0.05, 0.1) is 0 Å². The lowest BCUT2D eigenvalue weighted by Crippen LogP contribution is -2.18. The fraction of sp³-hybridized carbons (Fsp3) is 0.750. The molecule has 1 fully saturated rings. The van der Waals surface area contributed by atoms with Gasteiger partial charge in [-0.25, -0.2) is 4.79 Å². The number of ether oxygens (including phenoxy) is 2. The Bertz CT molecular complexity index is 144. The summed E-state index contributed by atoms with van der Waals surface area (Å²) < 4.78 is 9.55. The third kappa shape index (κ3) is 2.10. The summed E-state index contributed by atoms with van der Waals surface area (Å²) in [5.74, 6) is 0. The number of hydrogen-bond acceptors (Lipinski definition) is 3. The van der Waals surface area contributed by atoms with Gasteiger partial charge in [0.25, 0.3) is 0 Å². The number of unbranched alkanes of at least 4 members (excludes halogenated alkanes) is 1. The van der Waals surface area contributed by atoms with Gasteiger partial charge in [-0.3, -0.25) is 0 Å². The van der Waals surface area contributed by atoms with E-state index in [4.69, 9.17) is 9.47 Å². The van der Waals surface area contributed by atoms with Gasteiger partial charge in [-0.1, -0.05) is 13.3 Å². The molecular formula is C8H13O3. The molecule has 1 aliphatic rings. The summed E-state index contributed by atoms with van der Waals surface area (Å²) in [6, 6.07) is 0. The number of carbonyl (C=O) groups excluding carboxylic acids is 1. The highest BCUT2D eigenvalue weighted by Crippen LogP contribution is 2.18. The predicted molar refractivity (Wildman–Crippen MR) is 40.0 cm³/mol. The smallest absolute Gasteiger partial charge is 0.427 e. The number of carbonyl (C=O) groups is 1. The number of hydrogen-bond donors (Lipinski definition) is 0. The maximum atomic E-state index is 10.5. The monoisotopic (exact) mass is 157 g/mol. The molecule has 0 aromatic carbocycles. The van der Waals surface area contributed by atoms with Gasteiger partial charge in [0.15, 0.2) is 0 Å². The Morgan fingerprint density at radius 2 is 2.27 bits per heavy atom. The van der Waals surface area contributed by atoms with Crippen molar-refractivity contribution in [3.8, 4) is 0 Å². The van der Waals surface area contributed by atoms with Crippen molar-refractivity contribution in [3.05, 3.63) is 6.92 Å². The third-order valence-corrected chi connectivity index (χ3v) is 1.75. The van der Waals surface area contributed by atoms with Crippen LogP contribution in [0, 0.1) is 6.92 Å². The van der Waals surface area contributed by atoms with Crippen LogP contribution < -0.4 is 0 Å². The molecule has 3 heteroatoms. The highest BCUT2D eigenvalue weighted by Gasteiger charge is 2.32. The second-order valence-electron chi connectivity index (χ2n) is 2.70. The first kappa shape index (κ1) is 8.37. The minimum absolute atomic E-state index is 0.123. The Hall–Kier alpha value is -0.730. The molecular weight excluding hydrogens is 144 g/mol. The number of cyclic esters (lactones) is 2. The normalized spacial score (nSPS) is 29.8. The van der Waals surface area contributed by atoms with E-state index in [0.29, 0.717) is 0 Å². The van der Waals surface area contributed by atoms with Gasteiger partial charge in [0.1, 0.15) is 12.2 Å². The topological polar surface area (TPSA) is 35.5 Å². The van der Waals surface area contributed by atoms with Crippen molar-refractivity contribution < 1.29 is 14.3 Å². The first-order valence-corrected chi connectivity index (χ1v) is 3.94. The van der Waals surface area contributed by atoms with Crippen LogP contribution in [0.3, 0.4) is 0 Å². The van der Waals surface area contributed by atoms with Crippen LogP contribution in [0.25, 0.3) is 0 Å². The van der Waals surface area contributed by atoms with Gasteiger partial charge < -0.3 is 9.47 Å². The summed E-state index contributed by atoms with van der Waals surface area (Å²) >= 11 is 0. The minimum Gasteiger partial charge on any atom is -0.427 e. The van der Waals surface area contributed by atoms with E-state index in [0.717, 1.165) is 19.3 Å². The number of rotatable bonds is 3. The molecule has 2 atom stereocenters. The first-order chi connectivity index (χ1) is 5.24. The first-order valence-electron chi connectivity index (χ1n) is 3.94. The summed E-state index contributed by atoms with van der Waals surface area (Å²) in [6.45, 7) is 5.75. The van der Waals surface area contributed by atoms with Gasteiger partial charge in [0.2, 0.25) is 0 Å². The molecule has 1 radical (unpaired) electrons.